The van der Waals surface area contributed by atoms with Crippen molar-refractivity contribution < 1.29 is 9.18 Å². The summed E-state index contributed by atoms with van der Waals surface area (Å²) in [6, 6.07) is 13.6. The third kappa shape index (κ3) is 3.32. The maximum Gasteiger partial charge on any atom is 0.248 e. The van der Waals surface area contributed by atoms with Gasteiger partial charge in [-0.2, -0.15) is 0 Å². The van der Waals surface area contributed by atoms with Gasteiger partial charge >= 0.3 is 0 Å². The zero-order valence-corrected chi connectivity index (χ0v) is 11.7. The molecule has 0 saturated heterocycles. The second-order valence-corrected chi connectivity index (χ2v) is 5.41. The van der Waals surface area contributed by atoms with E-state index in [1.807, 2.05) is 24.3 Å². The van der Waals surface area contributed by atoms with Gasteiger partial charge in [0.25, 0.3) is 0 Å². The third-order valence-electron chi connectivity index (χ3n) is 2.78. The van der Waals surface area contributed by atoms with Gasteiger partial charge in [-0.1, -0.05) is 18.2 Å². The highest BCUT2D eigenvalue weighted by Crippen LogP contribution is 2.22. The average Bonchev–Trinajstić information content (AvgIpc) is 2.88. The number of nitrogens with one attached hydrogen (secondary N) is 1. The first kappa shape index (κ1) is 13.5. The van der Waals surface area contributed by atoms with Crippen LogP contribution in [-0.2, 0) is 4.79 Å². The molecule has 104 valence electrons. The first-order valence-electron chi connectivity index (χ1n) is 6.31. The number of nitrogens with zero attached hydrogens (tertiary/aromatic N) is 1. The molecule has 0 aliphatic rings. The molecule has 3 nitrogen and oxygen atoms in total. The number of carbonyl (C=O) groups is 1. The summed E-state index contributed by atoms with van der Waals surface area (Å²) in [5.41, 5.74) is 1.33. The van der Waals surface area contributed by atoms with E-state index >= 15 is 0 Å². The fourth-order valence-electron chi connectivity index (χ4n) is 1.86. The van der Waals surface area contributed by atoms with Gasteiger partial charge in [0.15, 0.2) is 0 Å². The highest BCUT2D eigenvalue weighted by atomic mass is 32.1. The molecule has 2 aromatic carbocycles. The number of hydrogen-bond donors (Lipinski definition) is 1. The van der Waals surface area contributed by atoms with Crippen LogP contribution in [-0.4, -0.2) is 10.9 Å². The minimum atomic E-state index is -0.386. The van der Waals surface area contributed by atoms with Gasteiger partial charge in [-0.15, -0.1) is 11.3 Å². The second kappa shape index (κ2) is 5.85. The van der Waals surface area contributed by atoms with Gasteiger partial charge in [0.1, 0.15) is 10.8 Å². The summed E-state index contributed by atoms with van der Waals surface area (Å²) in [5, 5.41) is 3.35. The van der Waals surface area contributed by atoms with Crippen LogP contribution in [0.3, 0.4) is 0 Å². The Hall–Kier alpha value is -2.53. The van der Waals surface area contributed by atoms with Crippen LogP contribution < -0.4 is 5.32 Å². The molecule has 0 radical (unpaired) electrons. The van der Waals surface area contributed by atoms with Crippen LogP contribution >= 0.6 is 11.3 Å². The molecule has 0 unspecified atom stereocenters. The van der Waals surface area contributed by atoms with Gasteiger partial charge in [0, 0.05) is 11.8 Å². The molecule has 1 N–H and O–H groups in total. The molecular weight excluding hydrogens is 287 g/mol. The Balaban J connectivity index is 1.71. The number of benzene rings is 2. The lowest BCUT2D eigenvalue weighted by Crippen LogP contribution is -2.07. The molecule has 3 aromatic rings. The quantitative estimate of drug-likeness (QED) is 0.740. The van der Waals surface area contributed by atoms with Crippen LogP contribution in [0.1, 0.15) is 5.01 Å². The summed E-state index contributed by atoms with van der Waals surface area (Å²) < 4.78 is 14.1. The van der Waals surface area contributed by atoms with Crippen molar-refractivity contribution in [3.8, 4) is 0 Å². The number of fused-ring (bicyclic) bond motifs is 1. The van der Waals surface area contributed by atoms with Crippen LogP contribution in [0.4, 0.5) is 10.1 Å². The van der Waals surface area contributed by atoms with E-state index in [1.54, 1.807) is 18.2 Å². The lowest BCUT2D eigenvalue weighted by atomic mass is 10.3. The van der Waals surface area contributed by atoms with Crippen molar-refractivity contribution in [3.63, 3.8) is 0 Å². The summed E-state index contributed by atoms with van der Waals surface area (Å²) in [4.78, 5) is 16.2. The molecule has 0 spiro atoms. The number of halogens is 1. The molecule has 1 aromatic heterocycles. The van der Waals surface area contributed by atoms with Crippen molar-refractivity contribution in [1.82, 2.24) is 4.98 Å². The Morgan fingerprint density at radius 2 is 2.05 bits per heavy atom. The summed E-state index contributed by atoms with van der Waals surface area (Å²) in [6.07, 6.45) is 3.04. The molecule has 0 aliphatic heterocycles. The molecular formula is C16H11FN2OS. The minimum absolute atomic E-state index is 0.320. The van der Waals surface area contributed by atoms with Crippen LogP contribution in [0.15, 0.2) is 54.6 Å². The van der Waals surface area contributed by atoms with E-state index < -0.39 is 0 Å². The highest BCUT2D eigenvalue weighted by molar-refractivity contribution is 7.19. The van der Waals surface area contributed by atoms with Crippen LogP contribution in [0, 0.1) is 5.82 Å². The van der Waals surface area contributed by atoms with Gasteiger partial charge in [0.05, 0.1) is 10.2 Å². The van der Waals surface area contributed by atoms with Gasteiger partial charge in [-0.25, -0.2) is 9.37 Å². The highest BCUT2D eigenvalue weighted by Gasteiger charge is 2.02. The first-order chi connectivity index (χ1) is 10.2. The fourth-order valence-corrected chi connectivity index (χ4v) is 2.73. The number of aromatic nitrogens is 1. The minimum Gasteiger partial charge on any atom is -0.322 e. The predicted molar refractivity (Wildman–Crippen MR) is 83.7 cm³/mol. The number of hydrogen-bond acceptors (Lipinski definition) is 3. The molecule has 0 fully saturated rings. The maximum atomic E-state index is 13.0. The lowest BCUT2D eigenvalue weighted by molar-refractivity contribution is -0.111. The van der Waals surface area contributed by atoms with E-state index in [2.05, 4.69) is 10.3 Å². The Kier molecular flexibility index (Phi) is 3.75. The fraction of sp³-hybridized carbons (Fsp3) is 0. The van der Waals surface area contributed by atoms with Gasteiger partial charge < -0.3 is 5.32 Å². The van der Waals surface area contributed by atoms with Crippen molar-refractivity contribution in [3.05, 3.63) is 65.4 Å². The molecule has 5 heteroatoms. The SMILES string of the molecule is O=C(/C=C/c1nc2ccccc2s1)Nc1cccc(F)c1. The Labute approximate surface area is 124 Å². The van der Waals surface area contributed by atoms with Crippen LogP contribution in [0.2, 0.25) is 0 Å². The number of anilines is 1. The molecule has 1 heterocycles. The van der Waals surface area contributed by atoms with Crippen molar-refractivity contribution in [1.29, 1.82) is 0 Å². The molecule has 0 bridgehead atoms. The summed E-state index contributed by atoms with van der Waals surface area (Å²) in [7, 11) is 0. The van der Waals surface area contributed by atoms with Gasteiger partial charge in [-0.3, -0.25) is 4.79 Å². The molecule has 21 heavy (non-hydrogen) atoms. The summed E-state index contributed by atoms with van der Waals surface area (Å²) >= 11 is 1.51. The third-order valence-corrected chi connectivity index (χ3v) is 3.78. The van der Waals surface area contributed by atoms with Gasteiger partial charge in [-0.05, 0) is 36.4 Å². The molecule has 0 saturated carbocycles. The molecule has 3 rings (SSSR count). The Morgan fingerprint density at radius 3 is 2.86 bits per heavy atom. The van der Waals surface area contributed by atoms with Crippen molar-refractivity contribution >= 4 is 39.2 Å². The molecule has 0 atom stereocenters. The number of para-hydroxylation sites is 1. The lowest BCUT2D eigenvalue weighted by Gasteiger charge is -2.00. The largest absolute Gasteiger partial charge is 0.322 e. The monoisotopic (exact) mass is 298 g/mol. The topological polar surface area (TPSA) is 42.0 Å². The van der Waals surface area contributed by atoms with E-state index in [0.29, 0.717) is 5.69 Å². The van der Waals surface area contributed by atoms with E-state index in [0.717, 1.165) is 15.2 Å². The van der Waals surface area contributed by atoms with E-state index in [9.17, 15) is 9.18 Å². The second-order valence-electron chi connectivity index (χ2n) is 4.35. The van der Waals surface area contributed by atoms with Crippen molar-refractivity contribution in [2.24, 2.45) is 0 Å². The van der Waals surface area contributed by atoms with Crippen LogP contribution in [0.25, 0.3) is 16.3 Å². The van der Waals surface area contributed by atoms with Crippen LogP contribution in [0.5, 0.6) is 0 Å². The smallest absolute Gasteiger partial charge is 0.248 e. The summed E-state index contributed by atoms with van der Waals surface area (Å²) in [6.45, 7) is 0. The predicted octanol–water partition coefficient (Wildman–Crippen LogP) is 4.09. The molecule has 1 amide bonds. The van der Waals surface area contributed by atoms with Crippen molar-refractivity contribution in [2.75, 3.05) is 5.32 Å². The normalized spacial score (nSPS) is 11.1. The zero-order valence-electron chi connectivity index (χ0n) is 10.9. The van der Waals surface area contributed by atoms with E-state index in [-0.39, 0.29) is 11.7 Å². The van der Waals surface area contributed by atoms with E-state index in [1.165, 1.54) is 29.5 Å². The average molecular weight is 298 g/mol. The summed E-state index contributed by atoms with van der Waals surface area (Å²) in [5.74, 6) is -0.706. The number of carbonyl (C=O) groups excluding carboxylic acids is 1. The Bertz CT molecular complexity index is 793. The molecule has 0 aliphatic carbocycles. The number of thiazole rings is 1. The van der Waals surface area contributed by atoms with E-state index in [4.69, 9.17) is 0 Å². The Morgan fingerprint density at radius 1 is 1.19 bits per heavy atom. The van der Waals surface area contributed by atoms with Crippen molar-refractivity contribution in [2.45, 2.75) is 0 Å². The number of amides is 1. The van der Waals surface area contributed by atoms with Gasteiger partial charge in [0.2, 0.25) is 5.91 Å². The maximum absolute atomic E-state index is 13.0. The standard InChI is InChI=1S/C16H11FN2OS/c17-11-4-3-5-12(10-11)18-15(20)8-9-16-19-13-6-1-2-7-14(13)21-16/h1-10H,(H,18,20)/b9-8+. The first-order valence-corrected chi connectivity index (χ1v) is 7.12. The number of rotatable bonds is 3. The zero-order chi connectivity index (χ0) is 14.7.